The monoisotopic (exact) mass is 295 g/mol. The second kappa shape index (κ2) is 5.42. The Morgan fingerprint density at radius 1 is 1.40 bits per heavy atom. The molecule has 110 valence electrons. The number of hydrogen-bond acceptors (Lipinski definition) is 4. The highest BCUT2D eigenvalue weighted by atomic mass is 32.2. The van der Waals surface area contributed by atoms with Gasteiger partial charge in [0, 0.05) is 25.0 Å². The number of aromatic nitrogens is 1. The number of sulfonamides is 1. The summed E-state index contributed by atoms with van der Waals surface area (Å²) in [5, 5.41) is -0.140. The molecule has 1 saturated carbocycles. The van der Waals surface area contributed by atoms with E-state index in [-0.39, 0.29) is 11.3 Å². The average molecular weight is 295 g/mol. The number of nitrogens with one attached hydrogen (secondary N) is 1. The zero-order chi connectivity index (χ0) is 14.2. The number of nitrogens with zero attached hydrogens (tertiary/aromatic N) is 2. The van der Waals surface area contributed by atoms with Gasteiger partial charge in [-0.2, -0.15) is 0 Å². The Hall–Kier alpha value is -0.980. The van der Waals surface area contributed by atoms with E-state index < -0.39 is 10.0 Å². The van der Waals surface area contributed by atoms with Crippen LogP contribution in [0.1, 0.15) is 30.9 Å². The van der Waals surface area contributed by atoms with Gasteiger partial charge < -0.3 is 0 Å². The number of likely N-dealkylation sites (tertiary alicyclic amines) is 1. The minimum Gasteiger partial charge on any atom is -0.299 e. The molecule has 5 nitrogen and oxygen atoms in total. The fourth-order valence-electron chi connectivity index (χ4n) is 3.04. The van der Waals surface area contributed by atoms with Crippen LogP contribution in [0.5, 0.6) is 0 Å². The Balaban J connectivity index is 1.69. The molecule has 1 aromatic heterocycles. The van der Waals surface area contributed by atoms with Crippen LogP contribution in [0, 0.1) is 5.92 Å². The van der Waals surface area contributed by atoms with Gasteiger partial charge in [0.25, 0.3) is 0 Å². The zero-order valence-corrected chi connectivity index (χ0v) is 12.5. The van der Waals surface area contributed by atoms with Crippen LogP contribution >= 0.6 is 0 Å². The maximum Gasteiger partial charge on any atom is 0.214 e. The maximum absolute atomic E-state index is 11.9. The molecule has 1 aromatic rings. The summed E-state index contributed by atoms with van der Waals surface area (Å²) < 4.78 is 26.7. The molecule has 2 aliphatic rings. The van der Waals surface area contributed by atoms with Crippen molar-refractivity contribution in [2.24, 2.45) is 5.92 Å². The largest absolute Gasteiger partial charge is 0.299 e. The molecule has 1 aliphatic heterocycles. The molecule has 1 saturated heterocycles. The highest BCUT2D eigenvalue weighted by Gasteiger charge is 2.38. The van der Waals surface area contributed by atoms with Crippen LogP contribution in [0.15, 0.2) is 24.5 Å². The lowest BCUT2D eigenvalue weighted by Gasteiger charge is -2.25. The van der Waals surface area contributed by atoms with Crippen LogP contribution in [0.2, 0.25) is 0 Å². The van der Waals surface area contributed by atoms with Crippen LogP contribution in [0.4, 0.5) is 0 Å². The molecule has 20 heavy (non-hydrogen) atoms. The molecule has 0 unspecified atom stereocenters. The van der Waals surface area contributed by atoms with Gasteiger partial charge in [-0.15, -0.1) is 0 Å². The topological polar surface area (TPSA) is 62.3 Å². The van der Waals surface area contributed by atoms with Gasteiger partial charge in [0.2, 0.25) is 10.0 Å². The molecule has 0 amide bonds. The highest BCUT2D eigenvalue weighted by Crippen LogP contribution is 2.36. The number of hydrogen-bond donors (Lipinski definition) is 1. The van der Waals surface area contributed by atoms with Crippen LogP contribution < -0.4 is 4.72 Å². The van der Waals surface area contributed by atoms with E-state index in [1.54, 1.807) is 6.20 Å². The summed E-state index contributed by atoms with van der Waals surface area (Å²) in [5.41, 5.74) is 1.17. The van der Waals surface area contributed by atoms with Crippen LogP contribution in [0.25, 0.3) is 0 Å². The van der Waals surface area contributed by atoms with E-state index in [0.717, 1.165) is 25.8 Å². The summed E-state index contributed by atoms with van der Waals surface area (Å²) in [6.07, 6.45) is 6.29. The second-order valence-electron chi connectivity index (χ2n) is 5.85. The van der Waals surface area contributed by atoms with Crippen molar-refractivity contribution in [2.45, 2.75) is 30.6 Å². The van der Waals surface area contributed by atoms with Crippen molar-refractivity contribution in [1.29, 1.82) is 0 Å². The van der Waals surface area contributed by atoms with Crippen molar-refractivity contribution in [3.05, 3.63) is 30.1 Å². The maximum atomic E-state index is 11.9. The molecule has 2 heterocycles. The van der Waals surface area contributed by atoms with E-state index in [9.17, 15) is 8.42 Å². The minimum absolute atomic E-state index is 0.140. The van der Waals surface area contributed by atoms with Gasteiger partial charge in [-0.25, -0.2) is 13.1 Å². The van der Waals surface area contributed by atoms with Crippen LogP contribution in [-0.4, -0.2) is 43.7 Å². The van der Waals surface area contributed by atoms with E-state index in [1.807, 2.05) is 12.3 Å². The van der Waals surface area contributed by atoms with Crippen molar-refractivity contribution in [1.82, 2.24) is 14.6 Å². The van der Waals surface area contributed by atoms with E-state index >= 15 is 0 Å². The van der Waals surface area contributed by atoms with Gasteiger partial charge in [-0.05, 0) is 50.4 Å². The summed E-state index contributed by atoms with van der Waals surface area (Å²) in [6.45, 7) is 1.53. The first-order valence-corrected chi connectivity index (χ1v) is 8.71. The predicted octanol–water partition coefficient (Wildman–Crippen LogP) is 1.16. The Kier molecular flexibility index (Phi) is 3.79. The predicted molar refractivity (Wildman–Crippen MR) is 77.7 cm³/mol. The molecule has 0 spiro atoms. The molecule has 6 heteroatoms. The number of rotatable bonds is 5. The van der Waals surface area contributed by atoms with E-state index in [2.05, 4.69) is 27.7 Å². The molecule has 0 aromatic carbocycles. The smallest absolute Gasteiger partial charge is 0.214 e. The Morgan fingerprint density at radius 3 is 2.85 bits per heavy atom. The highest BCUT2D eigenvalue weighted by molar-refractivity contribution is 7.90. The summed E-state index contributed by atoms with van der Waals surface area (Å²) >= 11 is 0. The summed E-state index contributed by atoms with van der Waals surface area (Å²) in [5.74, 6) is 0.317. The lowest BCUT2D eigenvalue weighted by atomic mass is 9.95. The molecule has 2 atom stereocenters. The molecule has 0 radical (unpaired) electrons. The average Bonchev–Trinajstić information content (AvgIpc) is 3.23. The third kappa shape index (κ3) is 2.87. The molecular formula is C14H21N3O2S. The Morgan fingerprint density at radius 2 is 2.20 bits per heavy atom. The van der Waals surface area contributed by atoms with Crippen molar-refractivity contribution < 1.29 is 8.42 Å². The molecule has 1 aliphatic carbocycles. The van der Waals surface area contributed by atoms with Gasteiger partial charge in [0.05, 0.1) is 5.25 Å². The van der Waals surface area contributed by atoms with Gasteiger partial charge in [-0.1, -0.05) is 6.07 Å². The zero-order valence-electron chi connectivity index (χ0n) is 11.7. The van der Waals surface area contributed by atoms with Crippen molar-refractivity contribution in [3.63, 3.8) is 0 Å². The van der Waals surface area contributed by atoms with Gasteiger partial charge >= 0.3 is 0 Å². The first-order chi connectivity index (χ1) is 9.58. The lowest BCUT2D eigenvalue weighted by molar-refractivity contribution is 0.276. The Bertz CT molecular complexity index is 557. The molecule has 2 fully saturated rings. The van der Waals surface area contributed by atoms with Crippen LogP contribution in [0.3, 0.4) is 0 Å². The first kappa shape index (κ1) is 14.0. The van der Waals surface area contributed by atoms with Gasteiger partial charge in [-0.3, -0.25) is 9.88 Å². The molecule has 0 bridgehead atoms. The summed E-state index contributed by atoms with van der Waals surface area (Å²) in [7, 11) is -0.991. The first-order valence-electron chi connectivity index (χ1n) is 7.16. The van der Waals surface area contributed by atoms with E-state index in [0.29, 0.717) is 12.5 Å². The van der Waals surface area contributed by atoms with Crippen molar-refractivity contribution in [2.75, 3.05) is 20.1 Å². The standard InChI is InChI=1S/C14H21N3O2S/c1-17-8-6-12(10-16-20(18,19)13-4-5-13)14(17)11-3-2-7-15-9-11/h2-3,7,9,12-14,16H,4-6,8,10H2,1H3/t12-,14-/m0/s1. The fourth-order valence-corrected chi connectivity index (χ4v) is 4.48. The Labute approximate surface area is 120 Å². The fraction of sp³-hybridized carbons (Fsp3) is 0.643. The summed E-state index contributed by atoms with van der Waals surface area (Å²) in [4.78, 5) is 6.46. The van der Waals surface area contributed by atoms with Crippen LogP contribution in [-0.2, 0) is 10.0 Å². The third-order valence-corrected chi connectivity index (χ3v) is 6.23. The SMILES string of the molecule is CN1CC[C@@H](CNS(=O)(=O)C2CC2)[C@@H]1c1cccnc1. The van der Waals surface area contributed by atoms with Crippen molar-refractivity contribution >= 4 is 10.0 Å². The van der Waals surface area contributed by atoms with Gasteiger partial charge in [0.15, 0.2) is 0 Å². The number of pyridine rings is 1. The second-order valence-corrected chi connectivity index (χ2v) is 7.90. The summed E-state index contributed by atoms with van der Waals surface area (Å²) in [6, 6.07) is 4.26. The van der Waals surface area contributed by atoms with Gasteiger partial charge in [0.1, 0.15) is 0 Å². The molecular weight excluding hydrogens is 274 g/mol. The lowest BCUT2D eigenvalue weighted by Crippen LogP contribution is -2.34. The van der Waals surface area contributed by atoms with Crippen molar-refractivity contribution in [3.8, 4) is 0 Å². The molecule has 1 N–H and O–H groups in total. The third-order valence-electron chi connectivity index (χ3n) is 4.31. The minimum atomic E-state index is -3.08. The van der Waals surface area contributed by atoms with E-state index in [4.69, 9.17) is 0 Å². The normalized spacial score (nSPS) is 27.9. The molecule has 3 rings (SSSR count). The van der Waals surface area contributed by atoms with E-state index in [1.165, 1.54) is 5.56 Å². The quantitative estimate of drug-likeness (QED) is 0.885.